The van der Waals surface area contributed by atoms with Gasteiger partial charge in [-0.1, -0.05) is 53.5 Å². The molecule has 1 aliphatic heterocycles. The second-order valence-electron chi connectivity index (χ2n) is 5.47. The first-order valence-electron chi connectivity index (χ1n) is 6.91. The van der Waals surface area contributed by atoms with Gasteiger partial charge in [-0.25, -0.2) is 8.42 Å². The monoisotopic (exact) mass is 355 g/mol. The zero-order chi connectivity index (χ0) is 15.7. The number of benzene rings is 2. The first kappa shape index (κ1) is 15.7. The van der Waals surface area contributed by atoms with Crippen molar-refractivity contribution in [2.75, 3.05) is 16.8 Å². The Kier molecular flexibility index (Phi) is 4.35. The Bertz CT molecular complexity index is 778. The van der Waals surface area contributed by atoms with Crippen LogP contribution in [0, 0.1) is 0 Å². The van der Waals surface area contributed by atoms with E-state index in [9.17, 15) is 8.42 Å². The van der Waals surface area contributed by atoms with Crippen molar-refractivity contribution in [1.82, 2.24) is 0 Å². The molecule has 0 radical (unpaired) electrons. The summed E-state index contributed by atoms with van der Waals surface area (Å²) in [5, 5.41) is 4.22. The van der Waals surface area contributed by atoms with Gasteiger partial charge in [-0.05, 0) is 23.8 Å². The summed E-state index contributed by atoms with van der Waals surface area (Å²) in [6.45, 7) is 0. The van der Waals surface area contributed by atoms with Gasteiger partial charge in [0.15, 0.2) is 9.84 Å². The van der Waals surface area contributed by atoms with Gasteiger partial charge in [0.2, 0.25) is 0 Å². The van der Waals surface area contributed by atoms with Crippen LogP contribution in [0.1, 0.15) is 11.5 Å². The average molecular weight is 356 g/mol. The highest BCUT2D eigenvalue weighted by Crippen LogP contribution is 2.33. The van der Waals surface area contributed by atoms with Gasteiger partial charge in [-0.15, -0.1) is 0 Å². The molecule has 2 unspecified atom stereocenters. The van der Waals surface area contributed by atoms with Crippen molar-refractivity contribution in [1.29, 1.82) is 0 Å². The van der Waals surface area contributed by atoms with Crippen molar-refractivity contribution in [2.24, 2.45) is 0 Å². The van der Waals surface area contributed by atoms with Gasteiger partial charge in [0.05, 0.1) is 21.6 Å². The molecule has 3 nitrogen and oxygen atoms in total. The Balaban J connectivity index is 1.88. The van der Waals surface area contributed by atoms with Gasteiger partial charge >= 0.3 is 0 Å². The molecule has 1 aliphatic rings. The van der Waals surface area contributed by atoms with E-state index in [1.165, 1.54) is 0 Å². The first-order valence-corrected chi connectivity index (χ1v) is 9.49. The number of anilines is 1. The van der Waals surface area contributed by atoms with E-state index in [1.807, 2.05) is 30.3 Å². The van der Waals surface area contributed by atoms with Crippen LogP contribution in [-0.2, 0) is 9.84 Å². The summed E-state index contributed by atoms with van der Waals surface area (Å²) >= 11 is 11.9. The number of sulfone groups is 1. The predicted octanol–water partition coefficient (Wildman–Crippen LogP) is 3.99. The largest absolute Gasteiger partial charge is 0.381 e. The van der Waals surface area contributed by atoms with Crippen molar-refractivity contribution in [3.8, 4) is 0 Å². The minimum atomic E-state index is -3.05. The van der Waals surface area contributed by atoms with Crippen LogP contribution in [0.5, 0.6) is 0 Å². The summed E-state index contributed by atoms with van der Waals surface area (Å²) < 4.78 is 24.1. The highest BCUT2D eigenvalue weighted by Gasteiger charge is 2.38. The maximum atomic E-state index is 12.0. The topological polar surface area (TPSA) is 46.2 Å². The summed E-state index contributed by atoms with van der Waals surface area (Å²) in [4.78, 5) is 0. The highest BCUT2D eigenvalue weighted by atomic mass is 35.5. The van der Waals surface area contributed by atoms with Crippen LogP contribution < -0.4 is 5.32 Å². The van der Waals surface area contributed by atoms with Crippen LogP contribution >= 0.6 is 23.2 Å². The fourth-order valence-corrected chi connectivity index (χ4v) is 5.09. The minimum absolute atomic E-state index is 0.0688. The number of halogens is 2. The van der Waals surface area contributed by atoms with Crippen molar-refractivity contribution >= 4 is 38.7 Å². The molecule has 0 aromatic heterocycles. The average Bonchev–Trinajstić information content (AvgIpc) is 2.79. The molecule has 22 heavy (non-hydrogen) atoms. The lowest BCUT2D eigenvalue weighted by Gasteiger charge is -2.21. The molecule has 0 aliphatic carbocycles. The summed E-state index contributed by atoms with van der Waals surface area (Å²) in [7, 11) is -3.05. The second kappa shape index (κ2) is 6.11. The summed E-state index contributed by atoms with van der Waals surface area (Å²) in [5.74, 6) is 0.212. The van der Waals surface area contributed by atoms with Gasteiger partial charge in [0.25, 0.3) is 0 Å². The van der Waals surface area contributed by atoms with Crippen molar-refractivity contribution in [3.05, 3.63) is 64.1 Å². The van der Waals surface area contributed by atoms with Crippen molar-refractivity contribution in [2.45, 2.75) is 12.0 Å². The van der Waals surface area contributed by atoms with Gasteiger partial charge in [0.1, 0.15) is 0 Å². The third-order valence-corrected chi connectivity index (χ3v) is 6.33. The van der Waals surface area contributed by atoms with E-state index in [0.717, 1.165) is 11.3 Å². The van der Waals surface area contributed by atoms with Crippen LogP contribution in [0.4, 0.5) is 5.69 Å². The van der Waals surface area contributed by atoms with Gasteiger partial charge < -0.3 is 5.32 Å². The second-order valence-corrected chi connectivity index (χ2v) is 8.44. The van der Waals surface area contributed by atoms with Crippen LogP contribution in [-0.4, -0.2) is 26.0 Å². The molecule has 1 saturated heterocycles. The summed E-state index contributed by atoms with van der Waals surface area (Å²) in [5.41, 5.74) is 1.80. The van der Waals surface area contributed by atoms with Gasteiger partial charge in [-0.2, -0.15) is 0 Å². The number of nitrogens with one attached hydrogen (secondary N) is 1. The number of hydrogen-bond donors (Lipinski definition) is 1. The molecule has 0 spiro atoms. The van der Waals surface area contributed by atoms with Crippen LogP contribution in [0.15, 0.2) is 48.5 Å². The molecule has 2 atom stereocenters. The van der Waals surface area contributed by atoms with E-state index in [-0.39, 0.29) is 23.5 Å². The lowest BCUT2D eigenvalue weighted by atomic mass is 9.94. The molecule has 0 saturated carbocycles. The molecule has 0 bridgehead atoms. The summed E-state index contributed by atoms with van der Waals surface area (Å²) in [6.07, 6.45) is 0. The zero-order valence-electron chi connectivity index (χ0n) is 11.7. The fourth-order valence-electron chi connectivity index (χ4n) is 2.82. The number of rotatable bonds is 3. The first-order chi connectivity index (χ1) is 10.4. The molecule has 2 aromatic carbocycles. The molecule has 6 heteroatoms. The van der Waals surface area contributed by atoms with Gasteiger partial charge in [0, 0.05) is 17.6 Å². The third-order valence-electron chi connectivity index (χ3n) is 3.85. The highest BCUT2D eigenvalue weighted by molar-refractivity contribution is 7.91. The molecule has 2 aromatic rings. The fraction of sp³-hybridized carbons (Fsp3) is 0.250. The van der Waals surface area contributed by atoms with E-state index in [2.05, 4.69) is 5.32 Å². The number of hydrogen-bond acceptors (Lipinski definition) is 3. The Morgan fingerprint density at radius 2 is 1.68 bits per heavy atom. The smallest absolute Gasteiger partial charge is 0.153 e. The molecule has 1 N–H and O–H groups in total. The molecule has 0 amide bonds. The Morgan fingerprint density at radius 3 is 2.36 bits per heavy atom. The Morgan fingerprint density at radius 1 is 0.955 bits per heavy atom. The third kappa shape index (κ3) is 3.40. The maximum Gasteiger partial charge on any atom is 0.153 e. The van der Waals surface area contributed by atoms with Gasteiger partial charge in [-0.3, -0.25) is 0 Å². The minimum Gasteiger partial charge on any atom is -0.381 e. The Hall–Kier alpha value is -1.23. The van der Waals surface area contributed by atoms with E-state index < -0.39 is 9.84 Å². The zero-order valence-corrected chi connectivity index (χ0v) is 14.0. The van der Waals surface area contributed by atoms with Crippen LogP contribution in [0.3, 0.4) is 0 Å². The van der Waals surface area contributed by atoms with E-state index in [4.69, 9.17) is 23.2 Å². The van der Waals surface area contributed by atoms with Crippen molar-refractivity contribution < 1.29 is 8.42 Å². The molecule has 1 heterocycles. The maximum absolute atomic E-state index is 12.0. The normalized spacial score (nSPS) is 23.4. The lowest BCUT2D eigenvalue weighted by Crippen LogP contribution is -2.26. The molecule has 1 fully saturated rings. The SMILES string of the molecule is O=S1(=O)CC(Nc2ccc(Cl)c(Cl)c2)C(c2ccccc2)C1. The molecular formula is C16H15Cl2NO2S. The van der Waals surface area contributed by atoms with E-state index in [0.29, 0.717) is 10.0 Å². The standard InChI is InChI=1S/C16H15Cl2NO2S/c17-14-7-6-12(8-15(14)18)19-16-10-22(20,21)9-13(16)11-4-2-1-3-5-11/h1-8,13,16,19H,9-10H2. The molecular weight excluding hydrogens is 341 g/mol. The summed E-state index contributed by atoms with van der Waals surface area (Å²) in [6, 6.07) is 14.8. The quantitative estimate of drug-likeness (QED) is 0.905. The Labute approximate surface area is 140 Å². The molecule has 3 rings (SSSR count). The lowest BCUT2D eigenvalue weighted by molar-refractivity contribution is 0.601. The molecule has 116 valence electrons. The van der Waals surface area contributed by atoms with Crippen molar-refractivity contribution in [3.63, 3.8) is 0 Å². The predicted molar refractivity (Wildman–Crippen MR) is 91.7 cm³/mol. The van der Waals surface area contributed by atoms with Crippen LogP contribution in [0.25, 0.3) is 0 Å². The van der Waals surface area contributed by atoms with E-state index >= 15 is 0 Å². The van der Waals surface area contributed by atoms with Crippen LogP contribution in [0.2, 0.25) is 10.0 Å². The van der Waals surface area contributed by atoms with E-state index in [1.54, 1.807) is 18.2 Å².